The van der Waals surface area contributed by atoms with Crippen LogP contribution in [-0.2, 0) is 12.8 Å². The third-order valence-corrected chi connectivity index (χ3v) is 6.87. The Morgan fingerprint density at radius 1 is 0.939 bits per heavy atom. The van der Waals surface area contributed by atoms with Gasteiger partial charge in [-0.1, -0.05) is 6.07 Å². The summed E-state index contributed by atoms with van der Waals surface area (Å²) in [5.74, 6) is 1.68. The van der Waals surface area contributed by atoms with Crippen LogP contribution >= 0.6 is 0 Å². The van der Waals surface area contributed by atoms with Crippen molar-refractivity contribution in [2.24, 2.45) is 0 Å². The number of aryl methyl sites for hydroxylation is 1. The number of unbranched alkanes of at least 4 members (excludes halogenated alkanes) is 1. The smallest absolute Gasteiger partial charge is 0.339 e. The van der Waals surface area contributed by atoms with Gasteiger partial charge < -0.3 is 18.8 Å². The van der Waals surface area contributed by atoms with Gasteiger partial charge in [0.2, 0.25) is 0 Å². The van der Waals surface area contributed by atoms with Crippen molar-refractivity contribution >= 4 is 16.7 Å². The Balaban J connectivity index is 1.06. The third-order valence-electron chi connectivity index (χ3n) is 6.87. The zero-order chi connectivity index (χ0) is 22.6. The minimum absolute atomic E-state index is 0.182. The molecule has 0 spiro atoms. The van der Waals surface area contributed by atoms with E-state index in [1.165, 1.54) is 11.3 Å². The van der Waals surface area contributed by atoms with Crippen molar-refractivity contribution in [3.8, 4) is 11.5 Å². The summed E-state index contributed by atoms with van der Waals surface area (Å²) in [5, 5.41) is 1.06. The third kappa shape index (κ3) is 4.86. The second kappa shape index (κ2) is 9.87. The second-order valence-corrected chi connectivity index (χ2v) is 8.94. The summed E-state index contributed by atoms with van der Waals surface area (Å²) in [5.41, 5.74) is 3.73. The van der Waals surface area contributed by atoms with Crippen LogP contribution in [0.1, 0.15) is 30.4 Å². The summed E-state index contributed by atoms with van der Waals surface area (Å²) >= 11 is 0. The van der Waals surface area contributed by atoms with Crippen LogP contribution in [-0.4, -0.2) is 51.3 Å². The predicted octanol–water partition coefficient (Wildman–Crippen LogP) is 4.27. The first-order valence-electron chi connectivity index (χ1n) is 12.0. The number of rotatable bonds is 8. The molecule has 6 heteroatoms. The standard InChI is InChI=1S/C27H32N2O4/c1-31-21-7-4-6-20(18-21)29-15-13-28(14-16-29)12-2-3-17-32-22-10-11-24-23-8-5-9-25(23)27(30)33-26(24)19-22/h4,6-7,10-11,18-19H,2-3,5,8-9,12-17H2,1H3. The van der Waals surface area contributed by atoms with E-state index in [9.17, 15) is 4.79 Å². The van der Waals surface area contributed by atoms with Crippen molar-refractivity contribution in [1.82, 2.24) is 4.90 Å². The lowest BCUT2D eigenvalue weighted by Crippen LogP contribution is -2.46. The molecule has 1 saturated heterocycles. The molecule has 0 bridgehead atoms. The Morgan fingerprint density at radius 2 is 1.79 bits per heavy atom. The minimum atomic E-state index is -0.182. The van der Waals surface area contributed by atoms with Crippen LogP contribution in [0.3, 0.4) is 0 Å². The summed E-state index contributed by atoms with van der Waals surface area (Å²) in [6.45, 7) is 5.99. The lowest BCUT2D eigenvalue weighted by Gasteiger charge is -2.36. The predicted molar refractivity (Wildman–Crippen MR) is 131 cm³/mol. The Morgan fingerprint density at radius 3 is 2.64 bits per heavy atom. The van der Waals surface area contributed by atoms with Gasteiger partial charge in [-0.2, -0.15) is 0 Å². The first kappa shape index (κ1) is 21.8. The molecule has 174 valence electrons. The monoisotopic (exact) mass is 448 g/mol. The second-order valence-electron chi connectivity index (χ2n) is 8.94. The molecule has 1 aliphatic heterocycles. The van der Waals surface area contributed by atoms with Gasteiger partial charge in [0, 0.05) is 54.9 Å². The van der Waals surface area contributed by atoms with E-state index in [2.05, 4.69) is 28.0 Å². The van der Waals surface area contributed by atoms with Gasteiger partial charge in [-0.3, -0.25) is 4.90 Å². The molecule has 1 aliphatic carbocycles. The summed E-state index contributed by atoms with van der Waals surface area (Å²) in [7, 11) is 1.71. The molecule has 1 fully saturated rings. The quantitative estimate of drug-likeness (QED) is 0.379. The van der Waals surface area contributed by atoms with Crippen LogP contribution in [0.25, 0.3) is 11.0 Å². The molecular formula is C27H32N2O4. The summed E-state index contributed by atoms with van der Waals surface area (Å²) < 4.78 is 16.9. The van der Waals surface area contributed by atoms with Crippen molar-refractivity contribution in [3.63, 3.8) is 0 Å². The van der Waals surface area contributed by atoms with Crippen LogP contribution in [0.15, 0.2) is 51.7 Å². The molecule has 6 nitrogen and oxygen atoms in total. The molecule has 0 radical (unpaired) electrons. The van der Waals surface area contributed by atoms with Gasteiger partial charge in [-0.15, -0.1) is 0 Å². The molecule has 0 unspecified atom stereocenters. The largest absolute Gasteiger partial charge is 0.497 e. The molecule has 0 atom stereocenters. The minimum Gasteiger partial charge on any atom is -0.497 e. The number of anilines is 1. The highest BCUT2D eigenvalue weighted by Crippen LogP contribution is 2.29. The zero-order valence-electron chi connectivity index (χ0n) is 19.3. The summed E-state index contributed by atoms with van der Waals surface area (Å²) in [6, 6.07) is 14.2. The summed E-state index contributed by atoms with van der Waals surface area (Å²) in [6.07, 6.45) is 4.94. The van der Waals surface area contributed by atoms with Gasteiger partial charge in [-0.05, 0) is 68.5 Å². The highest BCUT2D eigenvalue weighted by Gasteiger charge is 2.20. The topological polar surface area (TPSA) is 55.2 Å². The normalized spacial score (nSPS) is 16.2. The van der Waals surface area contributed by atoms with Gasteiger partial charge in [0.1, 0.15) is 17.1 Å². The molecule has 2 aliphatic rings. The molecule has 0 saturated carbocycles. The summed E-state index contributed by atoms with van der Waals surface area (Å²) in [4.78, 5) is 17.2. The molecule has 33 heavy (non-hydrogen) atoms. The number of piperazine rings is 1. The van der Waals surface area contributed by atoms with E-state index in [1.807, 2.05) is 24.3 Å². The number of fused-ring (bicyclic) bond motifs is 3. The Hall–Kier alpha value is -2.99. The van der Waals surface area contributed by atoms with Gasteiger partial charge in [-0.25, -0.2) is 4.79 Å². The first-order chi connectivity index (χ1) is 16.2. The van der Waals surface area contributed by atoms with E-state index in [1.54, 1.807) is 7.11 Å². The average molecular weight is 449 g/mol. The Labute approximate surface area is 194 Å². The van der Waals surface area contributed by atoms with E-state index in [-0.39, 0.29) is 5.63 Å². The van der Waals surface area contributed by atoms with Crippen molar-refractivity contribution in [2.45, 2.75) is 32.1 Å². The van der Waals surface area contributed by atoms with Crippen molar-refractivity contribution in [1.29, 1.82) is 0 Å². The maximum Gasteiger partial charge on any atom is 0.339 e. The molecule has 3 aromatic rings. The zero-order valence-corrected chi connectivity index (χ0v) is 19.3. The van der Waals surface area contributed by atoms with Gasteiger partial charge in [0.15, 0.2) is 0 Å². The SMILES string of the molecule is COc1cccc(N2CCN(CCCCOc3ccc4c5c(c(=O)oc4c3)CCC5)CC2)c1. The fourth-order valence-corrected chi connectivity index (χ4v) is 5.02. The fraction of sp³-hybridized carbons (Fsp3) is 0.444. The number of hydrogen-bond acceptors (Lipinski definition) is 6. The molecule has 0 N–H and O–H groups in total. The molecule has 1 aromatic heterocycles. The first-order valence-corrected chi connectivity index (χ1v) is 12.0. The van der Waals surface area contributed by atoms with E-state index >= 15 is 0 Å². The van der Waals surface area contributed by atoms with E-state index in [0.29, 0.717) is 12.2 Å². The number of ether oxygens (including phenoxy) is 2. The lowest BCUT2D eigenvalue weighted by atomic mass is 10.1. The fourth-order valence-electron chi connectivity index (χ4n) is 5.02. The van der Waals surface area contributed by atoms with Crippen molar-refractivity contribution in [3.05, 3.63) is 64.0 Å². The van der Waals surface area contributed by atoms with Crippen LogP contribution in [0.5, 0.6) is 11.5 Å². The number of hydrogen-bond donors (Lipinski definition) is 0. The molecule has 5 rings (SSSR count). The highest BCUT2D eigenvalue weighted by molar-refractivity contribution is 5.83. The highest BCUT2D eigenvalue weighted by atomic mass is 16.5. The molecule has 2 aromatic carbocycles. The van der Waals surface area contributed by atoms with Crippen molar-refractivity contribution in [2.75, 3.05) is 51.3 Å². The maximum absolute atomic E-state index is 12.2. The van der Waals surface area contributed by atoms with E-state index in [4.69, 9.17) is 13.9 Å². The molecular weight excluding hydrogens is 416 g/mol. The number of benzene rings is 2. The van der Waals surface area contributed by atoms with Crippen LogP contribution in [0.4, 0.5) is 5.69 Å². The molecule has 0 amide bonds. The number of nitrogens with zero attached hydrogens (tertiary/aromatic N) is 2. The lowest BCUT2D eigenvalue weighted by molar-refractivity contribution is 0.238. The van der Waals surface area contributed by atoms with Gasteiger partial charge in [0.25, 0.3) is 0 Å². The van der Waals surface area contributed by atoms with Crippen LogP contribution in [0, 0.1) is 0 Å². The Bertz CT molecular complexity index is 1160. The van der Waals surface area contributed by atoms with E-state index in [0.717, 1.165) is 87.3 Å². The number of methoxy groups -OCH3 is 1. The Kier molecular flexibility index (Phi) is 6.53. The van der Waals surface area contributed by atoms with Gasteiger partial charge >= 0.3 is 5.63 Å². The van der Waals surface area contributed by atoms with E-state index < -0.39 is 0 Å². The molecule has 2 heterocycles. The average Bonchev–Trinajstić information content (AvgIpc) is 3.35. The van der Waals surface area contributed by atoms with Crippen LogP contribution < -0.4 is 20.0 Å². The maximum atomic E-state index is 12.2. The van der Waals surface area contributed by atoms with Crippen molar-refractivity contribution < 1.29 is 13.9 Å². The van der Waals surface area contributed by atoms with Crippen LogP contribution in [0.2, 0.25) is 0 Å². The van der Waals surface area contributed by atoms with Gasteiger partial charge in [0.05, 0.1) is 13.7 Å².